The summed E-state index contributed by atoms with van der Waals surface area (Å²) in [5.74, 6) is 1.38. The van der Waals surface area contributed by atoms with Crippen LogP contribution in [0.5, 0.6) is 0 Å². The lowest BCUT2D eigenvalue weighted by atomic mass is 10.0. The van der Waals surface area contributed by atoms with Gasteiger partial charge >= 0.3 is 0 Å². The topological polar surface area (TPSA) is 0 Å². The second-order valence-corrected chi connectivity index (χ2v) is 3.56. The van der Waals surface area contributed by atoms with Crippen LogP contribution in [0.3, 0.4) is 0 Å². The van der Waals surface area contributed by atoms with E-state index in [1.165, 1.54) is 12.8 Å². The first-order valence-electron chi connectivity index (χ1n) is 4.92. The van der Waals surface area contributed by atoms with E-state index >= 15 is 0 Å². The van der Waals surface area contributed by atoms with Crippen LogP contribution < -0.4 is 0 Å². The lowest BCUT2D eigenvalue weighted by Gasteiger charge is -2.05. The van der Waals surface area contributed by atoms with E-state index in [0.717, 1.165) is 6.42 Å². The molecule has 0 spiro atoms. The van der Waals surface area contributed by atoms with Gasteiger partial charge in [0.1, 0.15) is 0 Å². The molecule has 0 aliphatic rings. The summed E-state index contributed by atoms with van der Waals surface area (Å²) in [7, 11) is 0. The number of allylic oxidation sites excluding steroid dienone is 3. The molecule has 1 radical (unpaired) electrons. The number of hydrogen-bond acceptors (Lipinski definition) is 0. The second kappa shape index (κ2) is 7.15. The van der Waals surface area contributed by atoms with E-state index in [2.05, 4.69) is 32.9 Å². The Hall–Kier alpha value is -0.520. The van der Waals surface area contributed by atoms with Gasteiger partial charge in [-0.15, -0.1) is 0 Å². The van der Waals surface area contributed by atoms with Gasteiger partial charge in [-0.25, -0.2) is 0 Å². The van der Waals surface area contributed by atoms with Crippen LogP contribution in [-0.4, -0.2) is 0 Å². The molecule has 0 saturated heterocycles. The summed E-state index contributed by atoms with van der Waals surface area (Å²) in [5.41, 5.74) is 0. The van der Waals surface area contributed by atoms with Crippen LogP contribution in [0, 0.1) is 18.4 Å². The van der Waals surface area contributed by atoms with Gasteiger partial charge in [0.25, 0.3) is 0 Å². The molecule has 0 aromatic heterocycles. The molecule has 0 rings (SSSR count). The first kappa shape index (κ1) is 11.5. The summed E-state index contributed by atoms with van der Waals surface area (Å²) in [5, 5.41) is 0. The maximum atomic E-state index is 5.31. The van der Waals surface area contributed by atoms with Crippen molar-refractivity contribution in [3.8, 4) is 0 Å². The van der Waals surface area contributed by atoms with Crippen molar-refractivity contribution in [2.75, 3.05) is 0 Å². The molecule has 0 aliphatic heterocycles. The Labute approximate surface area is 77.4 Å². The predicted molar refractivity (Wildman–Crippen MR) is 55.9 cm³/mol. The molecule has 0 aliphatic carbocycles. The van der Waals surface area contributed by atoms with Gasteiger partial charge in [0.05, 0.1) is 0 Å². The lowest BCUT2D eigenvalue weighted by molar-refractivity contribution is 0.636. The molecule has 69 valence electrons. The third-order valence-electron chi connectivity index (χ3n) is 2.20. The SMILES string of the molecule is [CH]=CCCC(C)C=CC(C)CC. The Balaban J connectivity index is 3.58. The Morgan fingerprint density at radius 3 is 2.25 bits per heavy atom. The minimum Gasteiger partial charge on any atom is -0.0854 e. The van der Waals surface area contributed by atoms with E-state index in [9.17, 15) is 0 Å². The Morgan fingerprint density at radius 1 is 1.17 bits per heavy atom. The van der Waals surface area contributed by atoms with Gasteiger partial charge in [0.2, 0.25) is 0 Å². The largest absolute Gasteiger partial charge is 0.0854 e. The first-order chi connectivity index (χ1) is 5.70. The monoisotopic (exact) mass is 165 g/mol. The summed E-state index contributed by atoms with van der Waals surface area (Å²) < 4.78 is 0. The highest BCUT2D eigenvalue weighted by Gasteiger charge is 1.96. The maximum Gasteiger partial charge on any atom is -0.0259 e. The van der Waals surface area contributed by atoms with Gasteiger partial charge in [-0.05, 0) is 24.7 Å². The van der Waals surface area contributed by atoms with Crippen LogP contribution >= 0.6 is 0 Å². The Bertz CT molecular complexity index is 133. The molecule has 0 bridgehead atoms. The molecule has 0 N–H and O–H groups in total. The van der Waals surface area contributed by atoms with Gasteiger partial charge in [-0.2, -0.15) is 0 Å². The highest BCUT2D eigenvalue weighted by molar-refractivity contribution is 4.90. The van der Waals surface area contributed by atoms with Gasteiger partial charge in [-0.1, -0.05) is 52.0 Å². The molecule has 0 heterocycles. The summed E-state index contributed by atoms with van der Waals surface area (Å²) >= 11 is 0. The highest BCUT2D eigenvalue weighted by atomic mass is 14.0. The van der Waals surface area contributed by atoms with E-state index in [0.29, 0.717) is 11.8 Å². The summed E-state index contributed by atoms with van der Waals surface area (Å²) in [4.78, 5) is 0. The molecule has 0 saturated carbocycles. The van der Waals surface area contributed by atoms with Crippen molar-refractivity contribution in [3.05, 3.63) is 24.8 Å². The molecule has 12 heavy (non-hydrogen) atoms. The quantitative estimate of drug-likeness (QED) is 0.522. The molecule has 0 amide bonds. The zero-order valence-electron chi connectivity index (χ0n) is 8.59. The molecule has 0 nitrogen and oxygen atoms in total. The van der Waals surface area contributed by atoms with Crippen molar-refractivity contribution in [2.24, 2.45) is 11.8 Å². The van der Waals surface area contributed by atoms with Crippen LogP contribution in [0.15, 0.2) is 18.2 Å². The van der Waals surface area contributed by atoms with E-state index in [1.807, 2.05) is 0 Å². The van der Waals surface area contributed by atoms with Gasteiger partial charge in [-0.3, -0.25) is 0 Å². The molecule has 0 aromatic carbocycles. The maximum absolute atomic E-state index is 5.31. The summed E-state index contributed by atoms with van der Waals surface area (Å²) in [6.45, 7) is 12.0. The molecule has 0 heteroatoms. The number of rotatable bonds is 6. The van der Waals surface area contributed by atoms with Crippen molar-refractivity contribution in [3.63, 3.8) is 0 Å². The van der Waals surface area contributed by atoms with Crippen molar-refractivity contribution in [1.82, 2.24) is 0 Å². The fraction of sp³-hybridized carbons (Fsp3) is 0.667. The third-order valence-corrected chi connectivity index (χ3v) is 2.20. The molecular weight excluding hydrogens is 144 g/mol. The van der Waals surface area contributed by atoms with Crippen LogP contribution in [0.4, 0.5) is 0 Å². The zero-order valence-corrected chi connectivity index (χ0v) is 8.59. The predicted octanol–water partition coefficient (Wildman–Crippen LogP) is 3.99. The average Bonchev–Trinajstić information content (AvgIpc) is 2.10. The van der Waals surface area contributed by atoms with Crippen molar-refractivity contribution < 1.29 is 0 Å². The smallest absolute Gasteiger partial charge is 0.0259 e. The third kappa shape index (κ3) is 6.21. The van der Waals surface area contributed by atoms with Crippen LogP contribution in [0.1, 0.15) is 40.0 Å². The normalized spacial score (nSPS) is 16.2. The molecule has 2 unspecified atom stereocenters. The second-order valence-electron chi connectivity index (χ2n) is 3.56. The fourth-order valence-electron chi connectivity index (χ4n) is 0.971. The molecule has 2 atom stereocenters. The minimum absolute atomic E-state index is 0.666. The van der Waals surface area contributed by atoms with Crippen molar-refractivity contribution in [2.45, 2.75) is 40.0 Å². The lowest BCUT2D eigenvalue weighted by Crippen LogP contribution is -1.91. The minimum atomic E-state index is 0.666. The highest BCUT2D eigenvalue weighted by Crippen LogP contribution is 2.10. The average molecular weight is 165 g/mol. The standard InChI is InChI=1S/C12H21/c1-5-7-8-12(4)10-9-11(3)6-2/h1,5,9-12H,6-8H2,2-4H3. The molecule has 0 aromatic rings. The molecular formula is C12H21. The van der Waals surface area contributed by atoms with E-state index in [-0.39, 0.29) is 0 Å². The Morgan fingerprint density at radius 2 is 1.75 bits per heavy atom. The number of hydrogen-bond donors (Lipinski definition) is 0. The first-order valence-corrected chi connectivity index (χ1v) is 4.92. The Kier molecular flexibility index (Phi) is 6.84. The van der Waals surface area contributed by atoms with Gasteiger partial charge in [0.15, 0.2) is 0 Å². The van der Waals surface area contributed by atoms with Gasteiger partial charge in [0, 0.05) is 0 Å². The van der Waals surface area contributed by atoms with Crippen LogP contribution in [-0.2, 0) is 0 Å². The summed E-state index contributed by atoms with van der Waals surface area (Å²) in [6, 6.07) is 0. The van der Waals surface area contributed by atoms with Crippen LogP contribution in [0.25, 0.3) is 0 Å². The van der Waals surface area contributed by atoms with E-state index < -0.39 is 0 Å². The van der Waals surface area contributed by atoms with E-state index in [4.69, 9.17) is 6.58 Å². The van der Waals surface area contributed by atoms with Crippen molar-refractivity contribution >= 4 is 0 Å². The molecule has 0 fully saturated rings. The van der Waals surface area contributed by atoms with Crippen molar-refractivity contribution in [1.29, 1.82) is 0 Å². The summed E-state index contributed by atoms with van der Waals surface area (Å²) in [6.07, 6.45) is 9.77. The van der Waals surface area contributed by atoms with Crippen LogP contribution in [0.2, 0.25) is 0 Å². The van der Waals surface area contributed by atoms with Gasteiger partial charge < -0.3 is 0 Å². The fourth-order valence-corrected chi connectivity index (χ4v) is 0.971. The zero-order chi connectivity index (χ0) is 9.40. The van der Waals surface area contributed by atoms with E-state index in [1.54, 1.807) is 6.08 Å².